The van der Waals surface area contributed by atoms with Crippen molar-refractivity contribution < 1.29 is 5.11 Å². The SMILES string of the molecule is Oc1ccc(CCNCc2cncc(Br)c2)cc1. The minimum atomic E-state index is 0.312. The number of nitrogens with one attached hydrogen (secondary N) is 1. The highest BCUT2D eigenvalue weighted by Gasteiger charge is 1.96. The summed E-state index contributed by atoms with van der Waals surface area (Å²) in [5.41, 5.74) is 2.38. The van der Waals surface area contributed by atoms with Crippen LogP contribution in [0.15, 0.2) is 47.2 Å². The fourth-order valence-electron chi connectivity index (χ4n) is 1.68. The molecule has 0 saturated carbocycles. The molecule has 0 aliphatic heterocycles. The van der Waals surface area contributed by atoms with Crippen molar-refractivity contribution in [2.24, 2.45) is 0 Å². The van der Waals surface area contributed by atoms with Crippen LogP contribution in [0, 0.1) is 0 Å². The van der Waals surface area contributed by atoms with Gasteiger partial charge < -0.3 is 10.4 Å². The Hall–Kier alpha value is -1.39. The van der Waals surface area contributed by atoms with Crippen LogP contribution >= 0.6 is 15.9 Å². The maximum absolute atomic E-state index is 9.18. The van der Waals surface area contributed by atoms with Crippen LogP contribution in [-0.4, -0.2) is 16.6 Å². The normalized spacial score (nSPS) is 10.5. The predicted molar refractivity (Wildman–Crippen MR) is 75.5 cm³/mol. The lowest BCUT2D eigenvalue weighted by Crippen LogP contribution is -2.16. The minimum Gasteiger partial charge on any atom is -0.508 e. The first kappa shape index (κ1) is 13.1. The van der Waals surface area contributed by atoms with Gasteiger partial charge in [-0.15, -0.1) is 0 Å². The van der Waals surface area contributed by atoms with Gasteiger partial charge in [-0.1, -0.05) is 12.1 Å². The molecule has 0 fully saturated rings. The monoisotopic (exact) mass is 306 g/mol. The summed E-state index contributed by atoms with van der Waals surface area (Å²) in [7, 11) is 0. The van der Waals surface area contributed by atoms with Gasteiger partial charge in [0.2, 0.25) is 0 Å². The Kier molecular flexibility index (Phi) is 4.73. The van der Waals surface area contributed by atoms with Crippen LogP contribution in [-0.2, 0) is 13.0 Å². The average Bonchev–Trinajstić information content (AvgIpc) is 2.37. The number of phenolic OH excluding ortho intramolecular Hbond substituents is 1. The number of aromatic hydroxyl groups is 1. The highest BCUT2D eigenvalue weighted by Crippen LogP contribution is 2.10. The maximum Gasteiger partial charge on any atom is 0.115 e. The first-order valence-electron chi connectivity index (χ1n) is 5.82. The van der Waals surface area contributed by atoms with Gasteiger partial charge in [-0.3, -0.25) is 4.98 Å². The Morgan fingerprint density at radius 3 is 2.61 bits per heavy atom. The summed E-state index contributed by atoms with van der Waals surface area (Å²) in [4.78, 5) is 4.12. The summed E-state index contributed by atoms with van der Waals surface area (Å²) in [6.45, 7) is 1.71. The molecule has 2 aromatic rings. The lowest BCUT2D eigenvalue weighted by molar-refractivity contribution is 0.475. The molecule has 4 heteroatoms. The fourth-order valence-corrected chi connectivity index (χ4v) is 2.09. The van der Waals surface area contributed by atoms with Crippen molar-refractivity contribution >= 4 is 15.9 Å². The summed E-state index contributed by atoms with van der Waals surface area (Å²) < 4.78 is 1.00. The molecule has 0 amide bonds. The van der Waals surface area contributed by atoms with Gasteiger partial charge in [-0.25, -0.2) is 0 Å². The molecule has 18 heavy (non-hydrogen) atoms. The number of hydrogen-bond donors (Lipinski definition) is 2. The molecule has 94 valence electrons. The summed E-state index contributed by atoms with van der Waals surface area (Å²) in [5.74, 6) is 0.312. The van der Waals surface area contributed by atoms with E-state index >= 15 is 0 Å². The number of aromatic nitrogens is 1. The molecule has 0 aliphatic carbocycles. The van der Waals surface area contributed by atoms with E-state index in [1.165, 1.54) is 5.56 Å². The zero-order chi connectivity index (χ0) is 12.8. The molecule has 1 heterocycles. The summed E-state index contributed by atoms with van der Waals surface area (Å²) in [5, 5.41) is 12.5. The number of benzene rings is 1. The molecule has 0 spiro atoms. The van der Waals surface area contributed by atoms with Crippen LogP contribution < -0.4 is 5.32 Å². The van der Waals surface area contributed by atoms with Crippen molar-refractivity contribution in [1.82, 2.24) is 10.3 Å². The van der Waals surface area contributed by atoms with Crippen LogP contribution in [0.1, 0.15) is 11.1 Å². The van der Waals surface area contributed by atoms with Crippen molar-refractivity contribution in [3.8, 4) is 5.75 Å². The van der Waals surface area contributed by atoms with Gasteiger partial charge in [0.25, 0.3) is 0 Å². The van der Waals surface area contributed by atoms with Gasteiger partial charge >= 0.3 is 0 Å². The highest BCUT2D eigenvalue weighted by molar-refractivity contribution is 9.10. The van der Waals surface area contributed by atoms with E-state index in [1.54, 1.807) is 18.3 Å². The fraction of sp³-hybridized carbons (Fsp3) is 0.214. The second kappa shape index (κ2) is 6.52. The van der Waals surface area contributed by atoms with E-state index < -0.39 is 0 Å². The van der Waals surface area contributed by atoms with Crippen LogP contribution in [0.2, 0.25) is 0 Å². The number of halogens is 1. The van der Waals surface area contributed by atoms with Gasteiger partial charge in [0.05, 0.1) is 0 Å². The number of phenols is 1. The van der Waals surface area contributed by atoms with Crippen LogP contribution in [0.25, 0.3) is 0 Å². The smallest absolute Gasteiger partial charge is 0.115 e. The van der Waals surface area contributed by atoms with Crippen molar-refractivity contribution in [2.45, 2.75) is 13.0 Å². The van der Waals surface area contributed by atoms with E-state index in [2.05, 4.69) is 32.3 Å². The Balaban J connectivity index is 1.74. The molecule has 2 rings (SSSR count). The number of hydrogen-bond acceptors (Lipinski definition) is 3. The summed E-state index contributed by atoms with van der Waals surface area (Å²) in [6.07, 6.45) is 4.58. The van der Waals surface area contributed by atoms with Crippen molar-refractivity contribution in [3.63, 3.8) is 0 Å². The van der Waals surface area contributed by atoms with E-state index in [9.17, 15) is 5.11 Å². The lowest BCUT2D eigenvalue weighted by Gasteiger charge is -2.05. The predicted octanol–water partition coefficient (Wildman–Crippen LogP) is 2.88. The minimum absolute atomic E-state index is 0.312. The Morgan fingerprint density at radius 2 is 1.89 bits per heavy atom. The first-order chi connectivity index (χ1) is 8.74. The Morgan fingerprint density at radius 1 is 1.11 bits per heavy atom. The average molecular weight is 307 g/mol. The number of nitrogens with zero attached hydrogens (tertiary/aromatic N) is 1. The zero-order valence-electron chi connectivity index (χ0n) is 9.94. The second-order valence-corrected chi connectivity index (χ2v) is 5.02. The van der Waals surface area contributed by atoms with Gasteiger partial charge in [0, 0.05) is 23.4 Å². The molecular formula is C14H15BrN2O. The molecule has 3 nitrogen and oxygen atoms in total. The van der Waals surface area contributed by atoms with Crippen LogP contribution in [0.3, 0.4) is 0 Å². The third-order valence-electron chi connectivity index (χ3n) is 2.62. The van der Waals surface area contributed by atoms with E-state index in [0.29, 0.717) is 5.75 Å². The molecular weight excluding hydrogens is 292 g/mol. The highest BCUT2D eigenvalue weighted by atomic mass is 79.9. The van der Waals surface area contributed by atoms with Crippen LogP contribution in [0.5, 0.6) is 5.75 Å². The molecule has 1 aromatic heterocycles. The zero-order valence-corrected chi connectivity index (χ0v) is 11.5. The maximum atomic E-state index is 9.18. The molecule has 0 aliphatic rings. The van der Waals surface area contributed by atoms with Crippen molar-refractivity contribution in [3.05, 3.63) is 58.3 Å². The van der Waals surface area contributed by atoms with E-state index in [0.717, 1.165) is 29.5 Å². The molecule has 0 atom stereocenters. The summed E-state index contributed by atoms with van der Waals surface area (Å²) in [6, 6.07) is 9.37. The third kappa shape index (κ3) is 4.13. The molecule has 0 saturated heterocycles. The Labute approximate surface area is 115 Å². The molecule has 0 unspecified atom stereocenters. The first-order valence-corrected chi connectivity index (χ1v) is 6.61. The van der Waals surface area contributed by atoms with Gasteiger partial charge in [0.1, 0.15) is 5.75 Å². The molecule has 1 aromatic carbocycles. The van der Waals surface area contributed by atoms with Gasteiger partial charge in [0.15, 0.2) is 0 Å². The van der Waals surface area contributed by atoms with E-state index in [-0.39, 0.29) is 0 Å². The van der Waals surface area contributed by atoms with Gasteiger partial charge in [-0.2, -0.15) is 0 Å². The van der Waals surface area contributed by atoms with Crippen molar-refractivity contribution in [2.75, 3.05) is 6.54 Å². The van der Waals surface area contributed by atoms with Crippen LogP contribution in [0.4, 0.5) is 0 Å². The largest absolute Gasteiger partial charge is 0.508 e. The quantitative estimate of drug-likeness (QED) is 0.835. The summed E-state index contributed by atoms with van der Waals surface area (Å²) >= 11 is 3.40. The molecule has 2 N–H and O–H groups in total. The number of rotatable bonds is 5. The second-order valence-electron chi connectivity index (χ2n) is 4.10. The lowest BCUT2D eigenvalue weighted by atomic mass is 10.1. The molecule has 0 radical (unpaired) electrons. The third-order valence-corrected chi connectivity index (χ3v) is 3.05. The van der Waals surface area contributed by atoms with Crippen molar-refractivity contribution in [1.29, 1.82) is 0 Å². The standard InChI is InChI=1S/C14H15BrN2O/c15-13-7-12(9-17-10-13)8-16-6-5-11-1-3-14(18)4-2-11/h1-4,7,9-10,16,18H,5-6,8H2. The number of pyridine rings is 1. The topological polar surface area (TPSA) is 45.1 Å². The molecule has 0 bridgehead atoms. The Bertz CT molecular complexity index is 499. The van der Waals surface area contributed by atoms with E-state index in [4.69, 9.17) is 0 Å². The van der Waals surface area contributed by atoms with E-state index in [1.807, 2.05) is 18.3 Å². The van der Waals surface area contributed by atoms with Gasteiger partial charge in [-0.05, 0) is 58.2 Å².